The van der Waals surface area contributed by atoms with E-state index < -0.39 is 0 Å². The third kappa shape index (κ3) is 4.03. The number of methoxy groups -OCH3 is 2. The van der Waals surface area contributed by atoms with Crippen molar-refractivity contribution in [3.05, 3.63) is 0 Å². The Morgan fingerprint density at radius 1 is 1.28 bits per heavy atom. The SMILES string of the molecule is COCCN(CCC#N)c1nc(N)nc(OC)n1. The summed E-state index contributed by atoms with van der Waals surface area (Å²) in [6, 6.07) is 2.22. The molecule has 0 amide bonds. The summed E-state index contributed by atoms with van der Waals surface area (Å²) in [6.45, 7) is 1.55. The van der Waals surface area contributed by atoms with Crippen LogP contribution >= 0.6 is 0 Å². The molecule has 0 aliphatic carbocycles. The van der Waals surface area contributed by atoms with E-state index in [4.69, 9.17) is 20.5 Å². The predicted molar refractivity (Wildman–Crippen MR) is 65.1 cm³/mol. The Balaban J connectivity index is 2.88. The van der Waals surface area contributed by atoms with Crippen LogP contribution in [-0.2, 0) is 4.74 Å². The Labute approximate surface area is 105 Å². The predicted octanol–water partition coefficient (Wildman–Crippen LogP) is -0.171. The molecule has 2 N–H and O–H groups in total. The molecule has 1 heterocycles. The molecule has 1 aromatic rings. The summed E-state index contributed by atoms with van der Waals surface area (Å²) < 4.78 is 9.93. The average molecular weight is 252 g/mol. The van der Waals surface area contributed by atoms with Crippen LogP contribution in [0.1, 0.15) is 6.42 Å². The Bertz CT molecular complexity index is 419. The van der Waals surface area contributed by atoms with Gasteiger partial charge in [0.2, 0.25) is 11.9 Å². The second-order valence-corrected chi connectivity index (χ2v) is 3.37. The maximum absolute atomic E-state index is 8.63. The number of hydrogen-bond donors (Lipinski definition) is 1. The molecule has 0 unspecified atom stereocenters. The van der Waals surface area contributed by atoms with Crippen LogP contribution in [0.3, 0.4) is 0 Å². The average Bonchev–Trinajstić information content (AvgIpc) is 2.38. The summed E-state index contributed by atoms with van der Waals surface area (Å²) in [5.74, 6) is 0.461. The first-order chi connectivity index (χ1) is 8.71. The Morgan fingerprint density at radius 2 is 2.06 bits per heavy atom. The quantitative estimate of drug-likeness (QED) is 0.712. The number of nitrogen functional groups attached to an aromatic ring is 1. The van der Waals surface area contributed by atoms with E-state index in [0.717, 1.165) is 0 Å². The van der Waals surface area contributed by atoms with Crippen molar-refractivity contribution in [3.8, 4) is 12.1 Å². The molecule has 0 aromatic carbocycles. The van der Waals surface area contributed by atoms with Crippen molar-refractivity contribution in [2.24, 2.45) is 0 Å². The number of anilines is 2. The lowest BCUT2D eigenvalue weighted by molar-refractivity contribution is 0.205. The minimum Gasteiger partial charge on any atom is -0.467 e. The largest absolute Gasteiger partial charge is 0.467 e. The van der Waals surface area contributed by atoms with Gasteiger partial charge in [0, 0.05) is 20.2 Å². The van der Waals surface area contributed by atoms with E-state index in [1.807, 2.05) is 0 Å². The zero-order chi connectivity index (χ0) is 13.4. The fourth-order valence-electron chi connectivity index (χ4n) is 1.29. The minimum atomic E-state index is 0.0798. The van der Waals surface area contributed by atoms with E-state index in [1.54, 1.807) is 12.0 Å². The zero-order valence-corrected chi connectivity index (χ0v) is 10.5. The first-order valence-electron chi connectivity index (χ1n) is 5.37. The first kappa shape index (κ1) is 13.9. The van der Waals surface area contributed by atoms with E-state index in [9.17, 15) is 0 Å². The van der Waals surface area contributed by atoms with Crippen molar-refractivity contribution < 1.29 is 9.47 Å². The zero-order valence-electron chi connectivity index (χ0n) is 10.5. The number of aromatic nitrogens is 3. The third-order valence-corrected chi connectivity index (χ3v) is 2.14. The fourth-order valence-corrected chi connectivity index (χ4v) is 1.29. The van der Waals surface area contributed by atoms with Gasteiger partial charge in [-0.05, 0) is 0 Å². The van der Waals surface area contributed by atoms with Gasteiger partial charge in [0.05, 0.1) is 26.2 Å². The van der Waals surface area contributed by atoms with Crippen LogP contribution in [0.4, 0.5) is 11.9 Å². The van der Waals surface area contributed by atoms with Crippen LogP contribution < -0.4 is 15.4 Å². The van der Waals surface area contributed by atoms with E-state index >= 15 is 0 Å². The second-order valence-electron chi connectivity index (χ2n) is 3.37. The molecule has 1 aromatic heterocycles. The number of nitrogens with zero attached hydrogens (tertiary/aromatic N) is 5. The molecule has 8 nitrogen and oxygen atoms in total. The normalized spacial score (nSPS) is 9.83. The van der Waals surface area contributed by atoms with Crippen molar-refractivity contribution in [3.63, 3.8) is 0 Å². The molecule has 0 aliphatic rings. The molecule has 0 bridgehead atoms. The van der Waals surface area contributed by atoms with E-state index in [2.05, 4.69) is 21.0 Å². The van der Waals surface area contributed by atoms with Gasteiger partial charge in [0.1, 0.15) is 0 Å². The molecule has 0 atom stereocenters. The van der Waals surface area contributed by atoms with Crippen LogP contribution in [0.15, 0.2) is 0 Å². The highest BCUT2D eigenvalue weighted by molar-refractivity contribution is 5.36. The fraction of sp³-hybridized carbons (Fsp3) is 0.600. The molecule has 0 spiro atoms. The number of ether oxygens (including phenoxy) is 2. The highest BCUT2D eigenvalue weighted by atomic mass is 16.5. The molecular weight excluding hydrogens is 236 g/mol. The van der Waals surface area contributed by atoms with E-state index in [-0.39, 0.29) is 12.0 Å². The summed E-state index contributed by atoms with van der Waals surface area (Å²) in [4.78, 5) is 13.7. The van der Waals surface area contributed by atoms with Crippen LogP contribution in [0.5, 0.6) is 6.01 Å². The second kappa shape index (κ2) is 7.24. The molecule has 0 saturated carbocycles. The van der Waals surface area contributed by atoms with Crippen molar-refractivity contribution in [1.82, 2.24) is 15.0 Å². The van der Waals surface area contributed by atoms with Crippen LogP contribution in [0, 0.1) is 11.3 Å². The number of nitriles is 1. The van der Waals surface area contributed by atoms with Gasteiger partial charge < -0.3 is 20.1 Å². The highest BCUT2D eigenvalue weighted by Gasteiger charge is 2.12. The topological polar surface area (TPSA) is 110 Å². The molecule has 0 saturated heterocycles. The van der Waals surface area contributed by atoms with Gasteiger partial charge in [-0.25, -0.2) is 0 Å². The van der Waals surface area contributed by atoms with Crippen molar-refractivity contribution in [1.29, 1.82) is 5.26 Å². The lowest BCUT2D eigenvalue weighted by Crippen LogP contribution is -2.30. The Morgan fingerprint density at radius 3 is 2.67 bits per heavy atom. The first-order valence-corrected chi connectivity index (χ1v) is 5.37. The smallest absolute Gasteiger partial charge is 0.322 e. The van der Waals surface area contributed by atoms with Crippen molar-refractivity contribution >= 4 is 11.9 Å². The summed E-state index contributed by atoms with van der Waals surface area (Å²) in [7, 11) is 3.05. The number of nitrogens with two attached hydrogens (primary N) is 1. The van der Waals surface area contributed by atoms with E-state index in [1.165, 1.54) is 7.11 Å². The monoisotopic (exact) mass is 252 g/mol. The van der Waals surface area contributed by atoms with Crippen LogP contribution in [0.25, 0.3) is 0 Å². The van der Waals surface area contributed by atoms with Gasteiger partial charge in [-0.1, -0.05) is 0 Å². The van der Waals surface area contributed by atoms with Crippen molar-refractivity contribution in [2.75, 3.05) is 44.5 Å². The summed E-state index contributed by atoms with van der Waals surface area (Å²) >= 11 is 0. The van der Waals surface area contributed by atoms with Gasteiger partial charge >= 0.3 is 6.01 Å². The standard InChI is InChI=1S/C10H16N6O2/c1-17-7-6-16(5-3-4-11)9-13-8(12)14-10(15-9)18-2/h3,5-7H2,1-2H3,(H2,12,13,14,15). The highest BCUT2D eigenvalue weighted by Crippen LogP contribution is 2.13. The van der Waals surface area contributed by atoms with E-state index in [0.29, 0.717) is 32.1 Å². The van der Waals surface area contributed by atoms with Crippen LogP contribution in [-0.4, -0.2) is 48.9 Å². The number of hydrogen-bond acceptors (Lipinski definition) is 8. The molecule has 98 valence electrons. The lowest BCUT2D eigenvalue weighted by atomic mass is 10.4. The van der Waals surface area contributed by atoms with Gasteiger partial charge in [-0.15, -0.1) is 0 Å². The molecule has 0 fully saturated rings. The minimum absolute atomic E-state index is 0.0798. The number of rotatable bonds is 7. The Hall–Kier alpha value is -2.14. The van der Waals surface area contributed by atoms with Crippen LogP contribution in [0.2, 0.25) is 0 Å². The van der Waals surface area contributed by atoms with Crippen molar-refractivity contribution in [2.45, 2.75) is 6.42 Å². The molecule has 0 aliphatic heterocycles. The molecule has 8 heteroatoms. The third-order valence-electron chi connectivity index (χ3n) is 2.14. The molecular formula is C10H16N6O2. The molecule has 18 heavy (non-hydrogen) atoms. The lowest BCUT2D eigenvalue weighted by Gasteiger charge is -2.21. The van der Waals surface area contributed by atoms with Gasteiger partial charge in [0.15, 0.2) is 0 Å². The summed E-state index contributed by atoms with van der Waals surface area (Å²) in [5, 5.41) is 8.63. The van der Waals surface area contributed by atoms with Gasteiger partial charge in [-0.3, -0.25) is 0 Å². The van der Waals surface area contributed by atoms with Gasteiger partial charge in [-0.2, -0.15) is 20.2 Å². The maximum atomic E-state index is 8.63. The Kier molecular flexibility index (Phi) is 5.60. The van der Waals surface area contributed by atoms with Gasteiger partial charge in [0.25, 0.3) is 0 Å². The maximum Gasteiger partial charge on any atom is 0.322 e. The molecule has 1 rings (SSSR count). The summed E-state index contributed by atoms with van der Waals surface area (Å²) in [5.41, 5.74) is 5.56. The molecule has 0 radical (unpaired) electrons. The summed E-state index contributed by atoms with van der Waals surface area (Å²) in [6.07, 6.45) is 0.359.